The Morgan fingerprint density at radius 1 is 1.30 bits per heavy atom. The number of aromatic amines is 1. The van der Waals surface area contributed by atoms with Gasteiger partial charge in [-0.3, -0.25) is 19.7 Å². The van der Waals surface area contributed by atoms with Crippen LogP contribution in [0.25, 0.3) is 11.1 Å². The van der Waals surface area contributed by atoms with Crippen LogP contribution in [0.5, 0.6) is 0 Å². The second kappa shape index (κ2) is 4.96. The molecule has 2 rings (SSSR count). The standard InChI is InChI=1S/C13H11N3O4/c1-7-10(6-11(12(14)17)13(18)15-7)8-2-4-9(5-3-8)16(19)20/h2-6H,1H3,(H2,14,17)(H,15,18). The SMILES string of the molecule is Cc1[nH]c(=O)c(C(N)=O)cc1-c1ccc([N+](=O)[O-])cc1. The van der Waals surface area contributed by atoms with Crippen molar-refractivity contribution >= 4 is 11.6 Å². The van der Waals surface area contributed by atoms with Crippen LogP contribution in [0.1, 0.15) is 16.1 Å². The van der Waals surface area contributed by atoms with Gasteiger partial charge in [0.2, 0.25) is 0 Å². The number of H-pyrrole nitrogens is 1. The first-order chi connectivity index (χ1) is 9.40. The number of nitrogens with two attached hydrogens (primary N) is 1. The van der Waals surface area contributed by atoms with E-state index < -0.39 is 16.4 Å². The Labute approximate surface area is 113 Å². The van der Waals surface area contributed by atoms with E-state index in [1.807, 2.05) is 0 Å². The summed E-state index contributed by atoms with van der Waals surface area (Å²) in [5.74, 6) is -0.825. The van der Waals surface area contributed by atoms with E-state index in [-0.39, 0.29) is 11.3 Å². The van der Waals surface area contributed by atoms with Crippen LogP contribution in [0.2, 0.25) is 0 Å². The number of rotatable bonds is 3. The minimum atomic E-state index is -0.825. The zero-order valence-corrected chi connectivity index (χ0v) is 10.5. The zero-order valence-electron chi connectivity index (χ0n) is 10.5. The van der Waals surface area contributed by atoms with E-state index in [1.54, 1.807) is 19.1 Å². The molecule has 7 nitrogen and oxygen atoms in total. The van der Waals surface area contributed by atoms with Gasteiger partial charge in [0.1, 0.15) is 5.56 Å². The maximum atomic E-state index is 11.6. The van der Waals surface area contributed by atoms with Crippen molar-refractivity contribution in [1.82, 2.24) is 4.98 Å². The fraction of sp³-hybridized carbons (Fsp3) is 0.0769. The number of nitro benzene ring substituents is 1. The predicted molar refractivity (Wildman–Crippen MR) is 72.4 cm³/mol. The lowest BCUT2D eigenvalue weighted by atomic mass is 10.0. The number of primary amides is 1. The van der Waals surface area contributed by atoms with Gasteiger partial charge in [-0.1, -0.05) is 0 Å². The number of benzene rings is 1. The number of nitrogens with one attached hydrogen (secondary N) is 1. The molecule has 0 bridgehead atoms. The lowest BCUT2D eigenvalue weighted by Gasteiger charge is -2.07. The maximum absolute atomic E-state index is 11.6. The van der Waals surface area contributed by atoms with E-state index in [1.165, 1.54) is 18.2 Å². The molecule has 1 aromatic carbocycles. The molecule has 0 fully saturated rings. The number of aromatic nitrogens is 1. The van der Waals surface area contributed by atoms with Gasteiger partial charge in [-0.05, 0) is 30.7 Å². The van der Waals surface area contributed by atoms with Crippen molar-refractivity contribution in [3.05, 3.63) is 62.1 Å². The Balaban J connectivity index is 2.57. The van der Waals surface area contributed by atoms with Crippen LogP contribution in [0, 0.1) is 17.0 Å². The highest BCUT2D eigenvalue weighted by molar-refractivity contribution is 5.93. The molecule has 102 valence electrons. The fourth-order valence-corrected chi connectivity index (χ4v) is 1.87. The van der Waals surface area contributed by atoms with Crippen LogP contribution < -0.4 is 11.3 Å². The number of hydrogen-bond acceptors (Lipinski definition) is 4. The summed E-state index contributed by atoms with van der Waals surface area (Å²) in [6, 6.07) is 7.18. The van der Waals surface area contributed by atoms with Gasteiger partial charge in [-0.2, -0.15) is 0 Å². The highest BCUT2D eigenvalue weighted by Crippen LogP contribution is 2.24. The molecular formula is C13H11N3O4. The normalized spacial score (nSPS) is 10.2. The van der Waals surface area contributed by atoms with Crippen molar-refractivity contribution in [3.8, 4) is 11.1 Å². The maximum Gasteiger partial charge on any atom is 0.269 e. The van der Waals surface area contributed by atoms with Gasteiger partial charge in [0.15, 0.2) is 0 Å². The molecule has 0 radical (unpaired) electrons. The van der Waals surface area contributed by atoms with Gasteiger partial charge in [0.05, 0.1) is 4.92 Å². The molecule has 1 amide bonds. The molecule has 20 heavy (non-hydrogen) atoms. The van der Waals surface area contributed by atoms with Crippen LogP contribution in [0.4, 0.5) is 5.69 Å². The van der Waals surface area contributed by atoms with Crippen LogP contribution in [-0.2, 0) is 0 Å². The summed E-state index contributed by atoms with van der Waals surface area (Å²) in [7, 11) is 0. The van der Waals surface area contributed by atoms with Crippen LogP contribution >= 0.6 is 0 Å². The van der Waals surface area contributed by atoms with E-state index >= 15 is 0 Å². The minimum absolute atomic E-state index is 0.0362. The van der Waals surface area contributed by atoms with Gasteiger partial charge in [-0.15, -0.1) is 0 Å². The predicted octanol–water partition coefficient (Wildman–Crippen LogP) is 1.36. The average Bonchev–Trinajstić information content (AvgIpc) is 2.38. The molecule has 0 aliphatic heterocycles. The largest absolute Gasteiger partial charge is 0.365 e. The zero-order chi connectivity index (χ0) is 14.9. The van der Waals surface area contributed by atoms with E-state index in [9.17, 15) is 19.7 Å². The molecule has 3 N–H and O–H groups in total. The molecule has 0 aliphatic rings. The van der Waals surface area contributed by atoms with E-state index in [2.05, 4.69) is 4.98 Å². The summed E-state index contributed by atoms with van der Waals surface area (Å²) in [5, 5.41) is 10.6. The Bertz CT molecular complexity index is 747. The van der Waals surface area contributed by atoms with Crippen molar-refractivity contribution in [2.45, 2.75) is 6.92 Å². The van der Waals surface area contributed by atoms with Crippen LogP contribution in [0.3, 0.4) is 0 Å². The minimum Gasteiger partial charge on any atom is -0.365 e. The highest BCUT2D eigenvalue weighted by atomic mass is 16.6. The summed E-state index contributed by atoms with van der Waals surface area (Å²) >= 11 is 0. The van der Waals surface area contributed by atoms with Gasteiger partial charge < -0.3 is 10.7 Å². The summed E-state index contributed by atoms with van der Waals surface area (Å²) in [6.45, 7) is 1.67. The van der Waals surface area contributed by atoms with Crippen molar-refractivity contribution in [2.24, 2.45) is 5.73 Å². The summed E-state index contributed by atoms with van der Waals surface area (Å²) in [4.78, 5) is 35.4. The second-order valence-corrected chi connectivity index (χ2v) is 4.22. The summed E-state index contributed by atoms with van der Waals surface area (Å²) in [5.41, 5.74) is 6.17. The molecule has 0 atom stereocenters. The summed E-state index contributed by atoms with van der Waals surface area (Å²) < 4.78 is 0. The number of nitrogens with zero attached hydrogens (tertiary/aromatic N) is 1. The molecule has 2 aromatic rings. The van der Waals surface area contributed by atoms with Gasteiger partial charge in [-0.25, -0.2) is 0 Å². The smallest absolute Gasteiger partial charge is 0.269 e. The van der Waals surface area contributed by atoms with Crippen molar-refractivity contribution in [3.63, 3.8) is 0 Å². The van der Waals surface area contributed by atoms with Gasteiger partial charge >= 0.3 is 0 Å². The van der Waals surface area contributed by atoms with Crippen LogP contribution in [-0.4, -0.2) is 15.8 Å². The van der Waals surface area contributed by atoms with Crippen LogP contribution in [0.15, 0.2) is 35.1 Å². The number of hydrogen-bond donors (Lipinski definition) is 2. The third-order valence-corrected chi connectivity index (χ3v) is 2.89. The molecule has 0 unspecified atom stereocenters. The quantitative estimate of drug-likeness (QED) is 0.648. The molecule has 0 spiro atoms. The third-order valence-electron chi connectivity index (χ3n) is 2.89. The number of nitro groups is 1. The first-order valence-corrected chi connectivity index (χ1v) is 5.68. The van der Waals surface area contributed by atoms with Gasteiger partial charge in [0.25, 0.3) is 17.2 Å². The Morgan fingerprint density at radius 2 is 1.90 bits per heavy atom. The second-order valence-electron chi connectivity index (χ2n) is 4.22. The van der Waals surface area contributed by atoms with Crippen molar-refractivity contribution in [1.29, 1.82) is 0 Å². The first-order valence-electron chi connectivity index (χ1n) is 5.68. The number of non-ortho nitro benzene ring substituents is 1. The molecule has 0 aliphatic carbocycles. The Hall–Kier alpha value is -2.96. The topological polar surface area (TPSA) is 119 Å². The lowest BCUT2D eigenvalue weighted by molar-refractivity contribution is -0.384. The lowest BCUT2D eigenvalue weighted by Crippen LogP contribution is -2.24. The fourth-order valence-electron chi connectivity index (χ4n) is 1.87. The molecule has 0 saturated heterocycles. The first kappa shape index (κ1) is 13.5. The monoisotopic (exact) mass is 273 g/mol. The number of carbonyl (C=O) groups is 1. The molecule has 7 heteroatoms. The number of carbonyl (C=O) groups excluding carboxylic acids is 1. The third kappa shape index (κ3) is 2.41. The Kier molecular flexibility index (Phi) is 3.34. The highest BCUT2D eigenvalue weighted by Gasteiger charge is 2.12. The average molecular weight is 273 g/mol. The van der Waals surface area contributed by atoms with Gasteiger partial charge in [0, 0.05) is 23.4 Å². The molecule has 1 heterocycles. The van der Waals surface area contributed by atoms with Crippen molar-refractivity contribution < 1.29 is 9.72 Å². The van der Waals surface area contributed by atoms with E-state index in [0.717, 1.165) is 0 Å². The number of aryl methyl sites for hydroxylation is 1. The van der Waals surface area contributed by atoms with Crippen molar-refractivity contribution in [2.75, 3.05) is 0 Å². The van der Waals surface area contributed by atoms with E-state index in [0.29, 0.717) is 16.8 Å². The Morgan fingerprint density at radius 3 is 2.40 bits per heavy atom. The molecular weight excluding hydrogens is 262 g/mol. The molecule has 0 saturated carbocycles. The number of pyridine rings is 1. The molecule has 1 aromatic heterocycles. The van der Waals surface area contributed by atoms with E-state index in [4.69, 9.17) is 5.73 Å². The number of amides is 1. The summed E-state index contributed by atoms with van der Waals surface area (Å²) in [6.07, 6.45) is 0.